The zero-order valence-electron chi connectivity index (χ0n) is 21.2. The van der Waals surface area contributed by atoms with Crippen molar-refractivity contribution >= 4 is 34.7 Å². The second-order valence-electron chi connectivity index (χ2n) is 9.79. The van der Waals surface area contributed by atoms with E-state index < -0.39 is 0 Å². The van der Waals surface area contributed by atoms with E-state index in [9.17, 15) is 14.4 Å². The van der Waals surface area contributed by atoms with Crippen molar-refractivity contribution in [2.75, 3.05) is 38.1 Å². The van der Waals surface area contributed by atoms with Crippen molar-refractivity contribution in [2.45, 2.75) is 58.5 Å². The van der Waals surface area contributed by atoms with Gasteiger partial charge < -0.3 is 20.0 Å². The maximum Gasteiger partial charge on any atom is 0.261 e. The third-order valence-electron chi connectivity index (χ3n) is 7.13. The van der Waals surface area contributed by atoms with E-state index in [0.29, 0.717) is 17.0 Å². The largest absolute Gasteiger partial charge is 0.346 e. The molecule has 0 radical (unpaired) electrons. The van der Waals surface area contributed by atoms with E-state index in [1.807, 2.05) is 49.1 Å². The number of nitrogens with one attached hydrogen (secondary N) is 1. The average Bonchev–Trinajstić information content (AvgIpc) is 3.44. The lowest BCUT2D eigenvalue weighted by Gasteiger charge is -2.38. The van der Waals surface area contributed by atoms with E-state index in [0.717, 1.165) is 55.0 Å². The van der Waals surface area contributed by atoms with Crippen LogP contribution in [-0.4, -0.2) is 72.8 Å². The van der Waals surface area contributed by atoms with E-state index in [1.54, 1.807) is 4.90 Å². The van der Waals surface area contributed by atoms with Crippen LogP contribution in [0, 0.1) is 13.8 Å². The molecule has 0 spiro atoms. The van der Waals surface area contributed by atoms with Gasteiger partial charge in [-0.2, -0.15) is 0 Å². The fourth-order valence-corrected chi connectivity index (χ4v) is 5.79. The first-order valence-corrected chi connectivity index (χ1v) is 13.4. The predicted molar refractivity (Wildman–Crippen MR) is 140 cm³/mol. The maximum absolute atomic E-state index is 13.5. The summed E-state index contributed by atoms with van der Waals surface area (Å²) in [6.45, 7) is 9.11. The van der Waals surface area contributed by atoms with E-state index in [4.69, 9.17) is 0 Å². The van der Waals surface area contributed by atoms with Gasteiger partial charge in [-0.05, 0) is 82.6 Å². The van der Waals surface area contributed by atoms with Gasteiger partial charge in [0.15, 0.2) is 0 Å². The number of likely N-dealkylation sites (N-methyl/N-ethyl adjacent to an activating group) is 1. The van der Waals surface area contributed by atoms with Crippen molar-refractivity contribution < 1.29 is 14.4 Å². The second-order valence-corrected chi connectivity index (χ2v) is 11.1. The van der Waals surface area contributed by atoms with Crippen LogP contribution in [-0.2, 0) is 4.79 Å². The molecular weight excluding hydrogens is 460 g/mol. The van der Waals surface area contributed by atoms with Crippen LogP contribution in [0.1, 0.15) is 63.1 Å². The number of anilines is 1. The lowest BCUT2D eigenvalue weighted by Crippen LogP contribution is -2.49. The molecule has 7 nitrogen and oxygen atoms in total. The molecule has 2 fully saturated rings. The molecule has 2 aliphatic rings. The van der Waals surface area contributed by atoms with Crippen molar-refractivity contribution in [3.8, 4) is 0 Å². The highest BCUT2D eigenvalue weighted by atomic mass is 32.1. The molecule has 2 aromatic rings. The first-order chi connectivity index (χ1) is 16.8. The van der Waals surface area contributed by atoms with Crippen LogP contribution in [0.25, 0.3) is 0 Å². The number of rotatable bonds is 7. The highest BCUT2D eigenvalue weighted by Crippen LogP contribution is 2.27. The number of nitrogens with zero attached hydrogens (tertiary/aromatic N) is 3. The first kappa shape index (κ1) is 25.4. The van der Waals surface area contributed by atoms with Crippen molar-refractivity contribution in [3.63, 3.8) is 0 Å². The Balaban J connectivity index is 1.44. The lowest BCUT2D eigenvalue weighted by molar-refractivity contribution is -0.117. The third kappa shape index (κ3) is 5.76. The Bertz CT molecular complexity index is 1100. The number of hydrogen-bond donors (Lipinski definition) is 1. The van der Waals surface area contributed by atoms with Gasteiger partial charge in [-0.25, -0.2) is 0 Å². The molecule has 35 heavy (non-hydrogen) atoms. The molecule has 3 amide bonds. The number of amides is 3. The van der Waals surface area contributed by atoms with Gasteiger partial charge in [-0.15, -0.1) is 11.3 Å². The van der Waals surface area contributed by atoms with E-state index in [2.05, 4.69) is 24.2 Å². The number of hydrogen-bond acceptors (Lipinski definition) is 5. The minimum Gasteiger partial charge on any atom is -0.346 e. The summed E-state index contributed by atoms with van der Waals surface area (Å²) in [5.74, 6) is -0.0769. The van der Waals surface area contributed by atoms with Crippen LogP contribution < -0.4 is 10.2 Å². The topological polar surface area (TPSA) is 73.0 Å². The fourth-order valence-electron chi connectivity index (χ4n) is 5.02. The van der Waals surface area contributed by atoms with E-state index in [1.165, 1.54) is 11.3 Å². The molecule has 0 aliphatic carbocycles. The Hall–Kier alpha value is -2.71. The summed E-state index contributed by atoms with van der Waals surface area (Å²) in [4.78, 5) is 46.5. The highest BCUT2D eigenvalue weighted by molar-refractivity contribution is 7.13. The van der Waals surface area contributed by atoms with Gasteiger partial charge in [0.1, 0.15) is 0 Å². The quantitative estimate of drug-likeness (QED) is 0.632. The molecule has 1 aromatic heterocycles. The van der Waals surface area contributed by atoms with Gasteiger partial charge in [0.05, 0.1) is 10.9 Å². The summed E-state index contributed by atoms with van der Waals surface area (Å²) in [7, 11) is 2.10. The van der Waals surface area contributed by atoms with E-state index >= 15 is 0 Å². The smallest absolute Gasteiger partial charge is 0.261 e. The molecule has 1 N–H and O–H groups in total. The molecule has 3 heterocycles. The van der Waals surface area contributed by atoms with Gasteiger partial charge in [0, 0.05) is 48.2 Å². The van der Waals surface area contributed by atoms with Crippen molar-refractivity contribution in [3.05, 3.63) is 51.2 Å². The van der Waals surface area contributed by atoms with Crippen molar-refractivity contribution in [2.24, 2.45) is 0 Å². The molecule has 1 aromatic carbocycles. The molecule has 2 unspecified atom stereocenters. The highest BCUT2D eigenvalue weighted by Gasteiger charge is 2.33. The summed E-state index contributed by atoms with van der Waals surface area (Å²) in [6, 6.07) is 9.38. The normalized spacial score (nSPS) is 20.5. The van der Waals surface area contributed by atoms with Crippen LogP contribution in [0.15, 0.2) is 30.3 Å². The Morgan fingerprint density at radius 3 is 2.66 bits per heavy atom. The minimum atomic E-state index is -0.233. The first-order valence-electron chi connectivity index (χ1n) is 12.5. The van der Waals surface area contributed by atoms with Gasteiger partial charge in [0.25, 0.3) is 11.8 Å². The Kier molecular flexibility index (Phi) is 7.91. The van der Waals surface area contributed by atoms with Gasteiger partial charge in [-0.1, -0.05) is 6.92 Å². The zero-order chi connectivity index (χ0) is 25.1. The summed E-state index contributed by atoms with van der Waals surface area (Å²) in [5, 5.41) is 3.00. The fraction of sp³-hybridized carbons (Fsp3) is 0.519. The average molecular weight is 497 g/mol. The number of benzene rings is 1. The number of thiophene rings is 1. The Morgan fingerprint density at radius 1 is 1.17 bits per heavy atom. The van der Waals surface area contributed by atoms with Crippen molar-refractivity contribution in [1.82, 2.24) is 15.1 Å². The number of carbonyl (C=O) groups excluding carboxylic acids is 3. The lowest BCUT2D eigenvalue weighted by atomic mass is 9.98. The molecule has 0 bridgehead atoms. The zero-order valence-corrected chi connectivity index (χ0v) is 22.0. The van der Waals surface area contributed by atoms with Crippen LogP contribution in [0.3, 0.4) is 0 Å². The van der Waals surface area contributed by atoms with Gasteiger partial charge in [-0.3, -0.25) is 14.4 Å². The number of likely N-dealkylation sites (tertiary alicyclic amines) is 1. The summed E-state index contributed by atoms with van der Waals surface area (Å²) in [6.07, 6.45) is 3.50. The Morgan fingerprint density at radius 2 is 1.97 bits per heavy atom. The molecule has 0 saturated carbocycles. The maximum atomic E-state index is 13.5. The monoisotopic (exact) mass is 496 g/mol. The van der Waals surface area contributed by atoms with Crippen molar-refractivity contribution in [1.29, 1.82) is 0 Å². The Labute approximate surface area is 212 Å². The summed E-state index contributed by atoms with van der Waals surface area (Å²) < 4.78 is 0. The van der Waals surface area contributed by atoms with E-state index in [-0.39, 0.29) is 36.2 Å². The van der Waals surface area contributed by atoms with Gasteiger partial charge >= 0.3 is 0 Å². The summed E-state index contributed by atoms with van der Waals surface area (Å²) in [5.41, 5.74) is 2.34. The minimum absolute atomic E-state index is 0.0187. The second kappa shape index (κ2) is 10.9. The molecule has 2 atom stereocenters. The molecule has 188 valence electrons. The van der Waals surface area contributed by atoms with Gasteiger partial charge in [0.2, 0.25) is 5.91 Å². The van der Waals surface area contributed by atoms with Crippen LogP contribution >= 0.6 is 11.3 Å². The standard InChI is InChI=1S/C27H36N4O3S/c1-5-29(4)17-22-8-6-7-13-30(22)27(34)23-11-10-21(14-18(23)2)31-16-20(15-25(31)32)28-26(33)24-12-9-19(3)35-24/h9-12,14,20,22H,5-8,13,15-17H2,1-4H3,(H,28,33). The number of piperidine rings is 1. The molecular formula is C27H36N4O3S. The molecule has 8 heteroatoms. The van der Waals surface area contributed by atoms with Crippen LogP contribution in [0.2, 0.25) is 0 Å². The molecule has 4 rings (SSSR count). The number of carbonyl (C=O) groups is 3. The molecule has 2 aliphatic heterocycles. The third-order valence-corrected chi connectivity index (χ3v) is 8.13. The van der Waals surface area contributed by atoms with Crippen LogP contribution in [0.4, 0.5) is 5.69 Å². The number of aryl methyl sites for hydroxylation is 2. The SMILES string of the molecule is CCN(C)CC1CCCCN1C(=O)c1ccc(N2CC(NC(=O)c3ccc(C)s3)CC2=O)cc1C. The predicted octanol–water partition coefficient (Wildman–Crippen LogP) is 3.85. The molecule has 2 saturated heterocycles. The summed E-state index contributed by atoms with van der Waals surface area (Å²) >= 11 is 1.45. The van der Waals surface area contributed by atoms with Crippen LogP contribution in [0.5, 0.6) is 0 Å².